The van der Waals surface area contributed by atoms with Crippen LogP contribution in [0.5, 0.6) is 0 Å². The highest BCUT2D eigenvalue weighted by atomic mass is 19.4. The molecule has 0 atom stereocenters. The van der Waals surface area contributed by atoms with Gasteiger partial charge in [-0.3, -0.25) is 5.32 Å². The van der Waals surface area contributed by atoms with Crippen LogP contribution in [0.1, 0.15) is 5.56 Å². The number of anilines is 1. The minimum Gasteiger partial charge on any atom is -0.440 e. The lowest BCUT2D eigenvalue weighted by Crippen LogP contribution is -2.23. The lowest BCUT2D eigenvalue weighted by molar-refractivity contribution is -0.159. The topological polar surface area (TPSA) is 38.3 Å². The Labute approximate surface area is 103 Å². The predicted octanol–water partition coefficient (Wildman–Crippen LogP) is 3.82. The first-order valence-electron chi connectivity index (χ1n) is 4.76. The molecule has 1 amide bonds. The van der Waals surface area contributed by atoms with E-state index in [-0.39, 0.29) is 5.69 Å². The summed E-state index contributed by atoms with van der Waals surface area (Å²) in [7, 11) is 0. The molecule has 0 bridgehead atoms. The number of benzene rings is 1. The Bertz CT molecular complexity index is 437. The van der Waals surface area contributed by atoms with E-state index >= 15 is 0 Å². The molecule has 0 fully saturated rings. The Balaban J connectivity index is 2.56. The highest BCUT2D eigenvalue weighted by molar-refractivity contribution is 5.84. The highest BCUT2D eigenvalue weighted by Crippen LogP contribution is 2.29. The monoisotopic (exact) mass is 287 g/mol. The Hall–Kier alpha value is -1.93. The molecule has 0 saturated heterocycles. The number of halogens is 6. The van der Waals surface area contributed by atoms with Gasteiger partial charge in [-0.25, -0.2) is 4.79 Å². The molecule has 3 nitrogen and oxygen atoms in total. The first-order valence-corrected chi connectivity index (χ1v) is 4.76. The quantitative estimate of drug-likeness (QED) is 0.840. The Morgan fingerprint density at radius 1 is 1.05 bits per heavy atom. The fourth-order valence-corrected chi connectivity index (χ4v) is 1.04. The van der Waals surface area contributed by atoms with E-state index in [2.05, 4.69) is 4.74 Å². The fourth-order valence-electron chi connectivity index (χ4n) is 1.04. The smallest absolute Gasteiger partial charge is 0.422 e. The number of rotatable bonds is 2. The van der Waals surface area contributed by atoms with E-state index < -0.39 is 30.6 Å². The van der Waals surface area contributed by atoms with E-state index in [1.165, 1.54) is 0 Å². The largest absolute Gasteiger partial charge is 0.440 e. The molecule has 0 spiro atoms. The third-order valence-corrected chi connectivity index (χ3v) is 1.83. The summed E-state index contributed by atoms with van der Waals surface area (Å²) in [6.07, 6.45) is -10.6. The molecule has 9 heteroatoms. The van der Waals surface area contributed by atoms with Crippen LogP contribution in [-0.2, 0) is 10.9 Å². The summed E-state index contributed by atoms with van der Waals surface area (Å²) >= 11 is 0. The number of hydrogen-bond donors (Lipinski definition) is 1. The number of nitrogens with one attached hydrogen (secondary N) is 1. The molecule has 1 rings (SSSR count). The van der Waals surface area contributed by atoms with Gasteiger partial charge in [-0.15, -0.1) is 0 Å². The van der Waals surface area contributed by atoms with Crippen molar-refractivity contribution in [2.24, 2.45) is 0 Å². The first-order chi connectivity index (χ1) is 8.58. The van der Waals surface area contributed by atoms with Crippen LogP contribution in [0.15, 0.2) is 24.3 Å². The standard InChI is InChI=1S/C10H7F6NO2/c11-9(12,13)5-19-8(18)17-7-3-1-6(2-4-7)10(14,15)16/h1-4H,5H2,(H,17,18). The Kier molecular flexibility index (Phi) is 4.28. The van der Waals surface area contributed by atoms with Gasteiger partial charge in [0.05, 0.1) is 5.56 Å². The second-order valence-electron chi connectivity index (χ2n) is 3.39. The molecule has 0 aliphatic rings. The second kappa shape index (κ2) is 5.37. The lowest BCUT2D eigenvalue weighted by atomic mass is 10.2. The van der Waals surface area contributed by atoms with Crippen molar-refractivity contribution in [1.82, 2.24) is 0 Å². The number of hydrogen-bond acceptors (Lipinski definition) is 2. The molecule has 19 heavy (non-hydrogen) atoms. The van der Waals surface area contributed by atoms with Gasteiger partial charge in [-0.2, -0.15) is 26.3 Å². The highest BCUT2D eigenvalue weighted by Gasteiger charge is 2.31. The molecule has 0 aromatic heterocycles. The van der Waals surface area contributed by atoms with Crippen LogP contribution in [0.4, 0.5) is 36.8 Å². The Morgan fingerprint density at radius 3 is 2.00 bits per heavy atom. The van der Waals surface area contributed by atoms with Crippen molar-refractivity contribution in [3.63, 3.8) is 0 Å². The van der Waals surface area contributed by atoms with E-state index in [4.69, 9.17) is 0 Å². The zero-order valence-electron chi connectivity index (χ0n) is 9.10. The number of amides is 1. The maximum absolute atomic E-state index is 12.2. The summed E-state index contributed by atoms with van der Waals surface area (Å²) in [6, 6.07) is 3.16. The predicted molar refractivity (Wildman–Crippen MR) is 52.5 cm³/mol. The number of alkyl halides is 6. The molecule has 106 valence electrons. The van der Waals surface area contributed by atoms with E-state index in [9.17, 15) is 31.1 Å². The molecule has 1 aromatic carbocycles. The van der Waals surface area contributed by atoms with Crippen molar-refractivity contribution in [3.8, 4) is 0 Å². The van der Waals surface area contributed by atoms with Crippen LogP contribution < -0.4 is 5.32 Å². The SMILES string of the molecule is O=C(Nc1ccc(C(F)(F)F)cc1)OCC(F)(F)F. The second-order valence-corrected chi connectivity index (χ2v) is 3.39. The fraction of sp³-hybridized carbons (Fsp3) is 0.300. The van der Waals surface area contributed by atoms with Crippen molar-refractivity contribution >= 4 is 11.8 Å². The molecule has 1 aromatic rings. The van der Waals surface area contributed by atoms with E-state index in [1.54, 1.807) is 0 Å². The number of carbonyl (C=O) groups excluding carboxylic acids is 1. The van der Waals surface area contributed by atoms with Gasteiger partial charge in [0.25, 0.3) is 0 Å². The Morgan fingerprint density at radius 2 is 1.58 bits per heavy atom. The molecular formula is C10H7F6NO2. The van der Waals surface area contributed by atoms with Gasteiger partial charge in [0.2, 0.25) is 0 Å². The lowest BCUT2D eigenvalue weighted by Gasteiger charge is -2.10. The van der Waals surface area contributed by atoms with Crippen LogP contribution in [0.25, 0.3) is 0 Å². The van der Waals surface area contributed by atoms with Crippen LogP contribution in [0.2, 0.25) is 0 Å². The zero-order chi connectivity index (χ0) is 14.7. The zero-order valence-corrected chi connectivity index (χ0v) is 9.10. The molecule has 1 N–H and O–H groups in total. The minimum absolute atomic E-state index is 0.111. The molecule has 0 saturated carbocycles. The third kappa shape index (κ3) is 5.49. The maximum atomic E-state index is 12.2. The van der Waals surface area contributed by atoms with Gasteiger partial charge in [0.15, 0.2) is 6.61 Å². The normalized spacial score (nSPS) is 12.1. The van der Waals surface area contributed by atoms with Crippen LogP contribution in [0.3, 0.4) is 0 Å². The van der Waals surface area contributed by atoms with Crippen molar-refractivity contribution in [3.05, 3.63) is 29.8 Å². The minimum atomic E-state index is -4.67. The average Bonchev–Trinajstić information content (AvgIpc) is 2.25. The first kappa shape index (κ1) is 15.1. The van der Waals surface area contributed by atoms with Crippen molar-refractivity contribution in [2.75, 3.05) is 11.9 Å². The number of ether oxygens (including phenoxy) is 1. The summed E-state index contributed by atoms with van der Waals surface area (Å²) in [5.41, 5.74) is -1.05. The molecule has 0 radical (unpaired) electrons. The van der Waals surface area contributed by atoms with Crippen LogP contribution >= 0.6 is 0 Å². The summed E-state index contributed by atoms with van der Waals surface area (Å²) < 4.78 is 75.5. The summed E-state index contributed by atoms with van der Waals surface area (Å²) in [6.45, 7) is -1.78. The summed E-state index contributed by atoms with van der Waals surface area (Å²) in [5, 5.41) is 1.86. The maximum Gasteiger partial charge on any atom is 0.422 e. The summed E-state index contributed by atoms with van der Waals surface area (Å²) in [4.78, 5) is 10.9. The van der Waals surface area contributed by atoms with E-state index in [0.717, 1.165) is 12.1 Å². The van der Waals surface area contributed by atoms with E-state index in [0.29, 0.717) is 12.1 Å². The molecule has 0 aliphatic heterocycles. The number of carbonyl (C=O) groups is 1. The van der Waals surface area contributed by atoms with Crippen LogP contribution in [0, 0.1) is 0 Å². The van der Waals surface area contributed by atoms with Gasteiger partial charge in [0, 0.05) is 5.69 Å². The van der Waals surface area contributed by atoms with Gasteiger partial charge in [0.1, 0.15) is 0 Å². The average molecular weight is 287 g/mol. The molecular weight excluding hydrogens is 280 g/mol. The third-order valence-electron chi connectivity index (χ3n) is 1.83. The van der Waals surface area contributed by atoms with Gasteiger partial charge < -0.3 is 4.74 Å². The van der Waals surface area contributed by atoms with Gasteiger partial charge in [-0.1, -0.05) is 0 Å². The van der Waals surface area contributed by atoms with Gasteiger partial charge in [-0.05, 0) is 24.3 Å². The molecule has 0 heterocycles. The van der Waals surface area contributed by atoms with E-state index in [1.807, 2.05) is 5.32 Å². The van der Waals surface area contributed by atoms with Crippen LogP contribution in [-0.4, -0.2) is 18.9 Å². The molecule has 0 unspecified atom stereocenters. The summed E-state index contributed by atoms with van der Waals surface area (Å²) in [5.74, 6) is 0. The van der Waals surface area contributed by atoms with Crippen molar-refractivity contribution in [1.29, 1.82) is 0 Å². The molecule has 0 aliphatic carbocycles. The van der Waals surface area contributed by atoms with Crippen molar-refractivity contribution < 1.29 is 35.9 Å². The van der Waals surface area contributed by atoms with Gasteiger partial charge >= 0.3 is 18.4 Å². The van der Waals surface area contributed by atoms with Crippen molar-refractivity contribution in [2.45, 2.75) is 12.4 Å².